The number of para-hydroxylation sites is 1. The van der Waals surface area contributed by atoms with E-state index in [1.54, 1.807) is 7.05 Å². The summed E-state index contributed by atoms with van der Waals surface area (Å²) < 4.78 is 1.97. The van der Waals surface area contributed by atoms with Gasteiger partial charge in [0.25, 0.3) is 0 Å². The summed E-state index contributed by atoms with van der Waals surface area (Å²) in [6.07, 6.45) is 5.10. The number of rotatable bonds is 7. The first-order valence-electron chi connectivity index (χ1n) is 10.4. The molecule has 1 saturated carbocycles. The highest BCUT2D eigenvalue weighted by Gasteiger charge is 2.16. The van der Waals surface area contributed by atoms with E-state index in [0.29, 0.717) is 31.5 Å². The van der Waals surface area contributed by atoms with E-state index < -0.39 is 0 Å². The van der Waals surface area contributed by atoms with Crippen LogP contribution in [0.3, 0.4) is 0 Å². The Bertz CT molecular complexity index is 851. The number of carbonyl (C=O) groups excluding carboxylic acids is 1. The summed E-state index contributed by atoms with van der Waals surface area (Å²) in [6, 6.07) is 10.6. The Morgan fingerprint density at radius 3 is 2.66 bits per heavy atom. The van der Waals surface area contributed by atoms with Crippen LogP contribution in [-0.2, 0) is 11.3 Å². The lowest BCUT2D eigenvalue weighted by molar-refractivity contribution is -0.121. The van der Waals surface area contributed by atoms with Gasteiger partial charge in [0, 0.05) is 38.3 Å². The number of nitrogens with zero attached hydrogens (tertiary/aromatic N) is 3. The van der Waals surface area contributed by atoms with E-state index in [1.807, 2.05) is 23.7 Å². The number of hydrogen-bond acceptors (Lipinski definition) is 3. The Labute approximate surface area is 173 Å². The molecule has 3 rings (SSSR count). The predicted molar refractivity (Wildman–Crippen MR) is 116 cm³/mol. The molecule has 0 atom stereocenters. The summed E-state index contributed by atoms with van der Waals surface area (Å²) in [7, 11) is 1.74. The van der Waals surface area contributed by atoms with Crippen LogP contribution in [-0.4, -0.2) is 41.3 Å². The molecule has 1 aliphatic carbocycles. The first-order valence-corrected chi connectivity index (χ1v) is 10.4. The van der Waals surface area contributed by atoms with Gasteiger partial charge in [-0.15, -0.1) is 0 Å². The van der Waals surface area contributed by atoms with Crippen LogP contribution in [0.15, 0.2) is 35.3 Å². The lowest BCUT2D eigenvalue weighted by Gasteiger charge is -2.15. The first kappa shape index (κ1) is 20.9. The van der Waals surface area contributed by atoms with Crippen LogP contribution in [0, 0.1) is 13.8 Å². The minimum Gasteiger partial charge on any atom is -0.356 e. The third-order valence-electron chi connectivity index (χ3n) is 5.26. The molecule has 1 heterocycles. The van der Waals surface area contributed by atoms with Crippen LogP contribution in [0.25, 0.3) is 5.69 Å². The number of aliphatic imine (C=N–C) groups is 1. The Hall–Kier alpha value is -2.83. The van der Waals surface area contributed by atoms with Crippen LogP contribution in [0.1, 0.15) is 49.1 Å². The summed E-state index contributed by atoms with van der Waals surface area (Å²) in [5.41, 5.74) is 4.28. The third kappa shape index (κ3) is 5.82. The quantitative estimate of drug-likeness (QED) is 0.496. The molecule has 1 fully saturated rings. The second-order valence-corrected chi connectivity index (χ2v) is 7.62. The van der Waals surface area contributed by atoms with Gasteiger partial charge in [0.2, 0.25) is 5.91 Å². The molecule has 7 heteroatoms. The molecule has 1 aliphatic rings. The number of aromatic nitrogens is 2. The summed E-state index contributed by atoms with van der Waals surface area (Å²) in [6.45, 7) is 5.22. The van der Waals surface area contributed by atoms with Crippen molar-refractivity contribution in [3.8, 4) is 5.69 Å². The number of guanidine groups is 1. The Morgan fingerprint density at radius 1 is 1.21 bits per heavy atom. The highest BCUT2D eigenvalue weighted by atomic mass is 16.1. The van der Waals surface area contributed by atoms with Crippen LogP contribution >= 0.6 is 0 Å². The summed E-state index contributed by atoms with van der Waals surface area (Å²) >= 11 is 0. The Balaban J connectivity index is 1.51. The molecule has 2 aromatic rings. The predicted octanol–water partition coefficient (Wildman–Crippen LogP) is 2.60. The molecule has 0 spiro atoms. The fraction of sp³-hybridized carbons (Fsp3) is 0.500. The lowest BCUT2D eigenvalue weighted by atomic mass is 10.1. The van der Waals surface area contributed by atoms with Gasteiger partial charge in [-0.1, -0.05) is 31.0 Å². The minimum atomic E-state index is 0.106. The first-order chi connectivity index (χ1) is 14.1. The van der Waals surface area contributed by atoms with Gasteiger partial charge in [-0.3, -0.25) is 9.79 Å². The van der Waals surface area contributed by atoms with Crippen molar-refractivity contribution in [3.05, 3.63) is 47.3 Å². The zero-order valence-corrected chi connectivity index (χ0v) is 17.7. The molecule has 156 valence electrons. The second kappa shape index (κ2) is 10.1. The second-order valence-electron chi connectivity index (χ2n) is 7.62. The summed E-state index contributed by atoms with van der Waals surface area (Å²) in [5.74, 6) is 0.788. The van der Waals surface area contributed by atoms with Crippen molar-refractivity contribution < 1.29 is 4.79 Å². The molecule has 7 nitrogen and oxygen atoms in total. The molecular formula is C22H32N6O. The largest absolute Gasteiger partial charge is 0.356 e. The van der Waals surface area contributed by atoms with Gasteiger partial charge >= 0.3 is 0 Å². The average molecular weight is 397 g/mol. The highest BCUT2D eigenvalue weighted by Crippen LogP contribution is 2.18. The monoisotopic (exact) mass is 396 g/mol. The van der Waals surface area contributed by atoms with E-state index in [9.17, 15) is 4.79 Å². The number of benzene rings is 1. The number of carbonyl (C=O) groups is 1. The molecule has 0 aliphatic heterocycles. The molecular weight excluding hydrogens is 364 g/mol. The maximum atomic E-state index is 12.1. The highest BCUT2D eigenvalue weighted by molar-refractivity contribution is 5.81. The number of nitrogens with one attached hydrogen (secondary N) is 3. The van der Waals surface area contributed by atoms with E-state index in [2.05, 4.69) is 51.2 Å². The number of amides is 1. The maximum absolute atomic E-state index is 12.1. The van der Waals surface area contributed by atoms with Gasteiger partial charge in [0.05, 0.1) is 11.4 Å². The molecule has 0 bridgehead atoms. The number of aryl methyl sites for hydroxylation is 2. The SMILES string of the molecule is CN=C(NCCC(=O)NC1CCCC1)NCc1ccccc1-n1nc(C)cc1C. The minimum absolute atomic E-state index is 0.106. The average Bonchev–Trinajstić information content (AvgIpc) is 3.33. The molecule has 1 aromatic carbocycles. The van der Waals surface area contributed by atoms with Crippen molar-refractivity contribution in [2.75, 3.05) is 13.6 Å². The molecule has 0 unspecified atom stereocenters. The Kier molecular flexibility index (Phi) is 7.27. The van der Waals surface area contributed by atoms with Crippen LogP contribution in [0.2, 0.25) is 0 Å². The van der Waals surface area contributed by atoms with Crippen molar-refractivity contribution >= 4 is 11.9 Å². The van der Waals surface area contributed by atoms with Gasteiger partial charge in [-0.2, -0.15) is 5.10 Å². The van der Waals surface area contributed by atoms with Gasteiger partial charge in [0.15, 0.2) is 5.96 Å². The zero-order chi connectivity index (χ0) is 20.6. The van der Waals surface area contributed by atoms with Gasteiger partial charge < -0.3 is 16.0 Å². The van der Waals surface area contributed by atoms with E-state index >= 15 is 0 Å². The maximum Gasteiger partial charge on any atom is 0.221 e. The molecule has 29 heavy (non-hydrogen) atoms. The molecule has 1 aromatic heterocycles. The van der Waals surface area contributed by atoms with Crippen LogP contribution in [0.5, 0.6) is 0 Å². The van der Waals surface area contributed by atoms with Gasteiger partial charge in [0.1, 0.15) is 0 Å². The van der Waals surface area contributed by atoms with Crippen molar-refractivity contribution in [3.63, 3.8) is 0 Å². The van der Waals surface area contributed by atoms with Crippen molar-refractivity contribution in [2.45, 2.75) is 58.5 Å². The van der Waals surface area contributed by atoms with Crippen LogP contribution in [0.4, 0.5) is 0 Å². The molecule has 0 radical (unpaired) electrons. The van der Waals surface area contributed by atoms with E-state index in [4.69, 9.17) is 0 Å². The fourth-order valence-electron chi connectivity index (χ4n) is 3.80. The Morgan fingerprint density at radius 2 is 1.97 bits per heavy atom. The van der Waals surface area contributed by atoms with Gasteiger partial charge in [-0.05, 0) is 44.4 Å². The smallest absolute Gasteiger partial charge is 0.221 e. The van der Waals surface area contributed by atoms with E-state index in [0.717, 1.165) is 35.5 Å². The van der Waals surface area contributed by atoms with E-state index in [-0.39, 0.29) is 5.91 Å². The molecule has 1 amide bonds. The fourth-order valence-corrected chi connectivity index (χ4v) is 3.80. The lowest BCUT2D eigenvalue weighted by Crippen LogP contribution is -2.40. The van der Waals surface area contributed by atoms with Crippen LogP contribution < -0.4 is 16.0 Å². The number of hydrogen-bond donors (Lipinski definition) is 3. The summed E-state index contributed by atoms with van der Waals surface area (Å²) in [5, 5.41) is 14.3. The standard InChI is InChI=1S/C22H32N6O/c1-16-14-17(2)28(27-16)20-11-7-4-8-18(20)15-25-22(23-3)24-13-12-21(29)26-19-9-5-6-10-19/h4,7-8,11,14,19H,5-6,9-10,12-13,15H2,1-3H3,(H,26,29)(H2,23,24,25). The molecule has 3 N–H and O–H groups in total. The van der Waals surface area contributed by atoms with Gasteiger partial charge in [-0.25, -0.2) is 4.68 Å². The summed E-state index contributed by atoms with van der Waals surface area (Å²) in [4.78, 5) is 16.3. The normalized spacial score (nSPS) is 14.8. The van der Waals surface area contributed by atoms with Crippen molar-refractivity contribution in [2.24, 2.45) is 4.99 Å². The zero-order valence-electron chi connectivity index (χ0n) is 17.7. The van der Waals surface area contributed by atoms with E-state index in [1.165, 1.54) is 12.8 Å². The van der Waals surface area contributed by atoms with Crippen molar-refractivity contribution in [1.82, 2.24) is 25.7 Å². The molecule has 0 saturated heterocycles. The third-order valence-corrected chi connectivity index (χ3v) is 5.26. The topological polar surface area (TPSA) is 83.3 Å². The van der Waals surface area contributed by atoms with Crippen molar-refractivity contribution in [1.29, 1.82) is 0 Å².